The van der Waals surface area contributed by atoms with Crippen LogP contribution in [0.4, 0.5) is 0 Å². The van der Waals surface area contributed by atoms with Crippen LogP contribution in [-0.2, 0) is 6.42 Å². The Morgan fingerprint density at radius 3 is 2.64 bits per heavy atom. The van der Waals surface area contributed by atoms with Gasteiger partial charge in [-0.25, -0.2) is 0 Å². The number of nitrogens with two attached hydrogens (primary N) is 1. The second-order valence-electron chi connectivity index (χ2n) is 2.90. The minimum absolute atomic E-state index is 0. The van der Waals surface area contributed by atoms with Crippen LogP contribution in [0.5, 0.6) is 0 Å². The molecule has 2 nitrogen and oxygen atoms in total. The summed E-state index contributed by atoms with van der Waals surface area (Å²) in [5.74, 6) is 0. The zero-order valence-corrected chi connectivity index (χ0v) is 8.10. The fourth-order valence-electron chi connectivity index (χ4n) is 1.49. The summed E-state index contributed by atoms with van der Waals surface area (Å²) in [7, 11) is 0. The number of H-pyrrole nitrogens is 1. The summed E-state index contributed by atoms with van der Waals surface area (Å²) in [6, 6.07) is 8.29. The summed E-state index contributed by atoms with van der Waals surface area (Å²) >= 11 is 0. The van der Waals surface area contributed by atoms with Crippen molar-refractivity contribution >= 4 is 23.3 Å². The van der Waals surface area contributed by atoms with Crippen LogP contribution in [-0.4, -0.2) is 11.5 Å². The van der Waals surface area contributed by atoms with Crippen molar-refractivity contribution in [3.8, 4) is 0 Å². The summed E-state index contributed by atoms with van der Waals surface area (Å²) in [6.45, 7) is 0.710. The first-order valence-electron chi connectivity index (χ1n) is 4.17. The first-order valence-corrected chi connectivity index (χ1v) is 4.17. The molecule has 0 saturated heterocycles. The molecule has 0 aliphatic rings. The predicted octanol–water partition coefficient (Wildman–Crippen LogP) is 2.73. The van der Waals surface area contributed by atoms with E-state index in [4.69, 9.17) is 5.73 Å². The van der Waals surface area contributed by atoms with E-state index in [2.05, 4.69) is 23.2 Å². The Labute approximate surface area is 90.9 Å². The number of fused-ring (bicyclic) bond motifs is 1. The first-order chi connectivity index (χ1) is 5.92. The van der Waals surface area contributed by atoms with Crippen molar-refractivity contribution in [3.63, 3.8) is 0 Å². The smallest absolute Gasteiger partial charge is 0.0456 e. The van der Waals surface area contributed by atoms with E-state index in [-0.39, 0.29) is 19.8 Å². The molecule has 0 fully saturated rings. The molecule has 78 valence electrons. The number of aromatic nitrogens is 1. The molecule has 0 radical (unpaired) electrons. The largest absolute Gasteiger partial charge is 0.361 e. The number of rotatable bonds is 2. The lowest BCUT2D eigenvalue weighted by Gasteiger charge is -1.93. The Balaban J connectivity index is 0.000000845. The summed E-state index contributed by atoms with van der Waals surface area (Å²) in [4.78, 5) is 3.22. The topological polar surface area (TPSA) is 41.8 Å². The molecule has 0 saturated carbocycles. The Morgan fingerprint density at radius 2 is 1.93 bits per heavy atom. The van der Waals surface area contributed by atoms with Crippen LogP contribution >= 0.6 is 12.4 Å². The maximum Gasteiger partial charge on any atom is 0.0456 e. The molecule has 3 heteroatoms. The quantitative estimate of drug-likeness (QED) is 0.790. The molecule has 0 unspecified atom stereocenters. The van der Waals surface area contributed by atoms with Gasteiger partial charge in [-0.2, -0.15) is 0 Å². The van der Waals surface area contributed by atoms with E-state index in [9.17, 15) is 0 Å². The van der Waals surface area contributed by atoms with Gasteiger partial charge in [0.15, 0.2) is 0 Å². The van der Waals surface area contributed by atoms with Gasteiger partial charge in [0.1, 0.15) is 0 Å². The standard InChI is InChI=1S/C10H12N2.CH4.ClH/c11-6-5-8-7-12-10-4-2-1-3-9(8)10;;/h1-4,7,12H,5-6,11H2;1H4;1H. The van der Waals surface area contributed by atoms with Gasteiger partial charge in [0.25, 0.3) is 0 Å². The van der Waals surface area contributed by atoms with Crippen molar-refractivity contribution in [3.05, 3.63) is 36.0 Å². The Hall–Kier alpha value is -0.990. The molecule has 0 bridgehead atoms. The van der Waals surface area contributed by atoms with Crippen LogP contribution in [0.15, 0.2) is 30.5 Å². The third-order valence-electron chi connectivity index (χ3n) is 2.09. The molecular formula is C11H17ClN2. The highest BCUT2D eigenvalue weighted by Crippen LogP contribution is 2.17. The van der Waals surface area contributed by atoms with Crippen LogP contribution in [0.3, 0.4) is 0 Å². The summed E-state index contributed by atoms with van der Waals surface area (Å²) < 4.78 is 0. The van der Waals surface area contributed by atoms with Gasteiger partial charge in [0.2, 0.25) is 0 Å². The van der Waals surface area contributed by atoms with Crippen molar-refractivity contribution in [1.29, 1.82) is 0 Å². The summed E-state index contributed by atoms with van der Waals surface area (Å²) in [6.07, 6.45) is 2.99. The van der Waals surface area contributed by atoms with Crippen molar-refractivity contribution in [2.45, 2.75) is 13.8 Å². The van der Waals surface area contributed by atoms with Gasteiger partial charge in [-0.1, -0.05) is 25.6 Å². The van der Waals surface area contributed by atoms with E-state index in [0.717, 1.165) is 6.42 Å². The number of nitrogens with one attached hydrogen (secondary N) is 1. The summed E-state index contributed by atoms with van der Waals surface area (Å²) in [5, 5.41) is 1.29. The molecule has 2 aromatic rings. The average Bonchev–Trinajstić information content (AvgIpc) is 2.50. The fourth-order valence-corrected chi connectivity index (χ4v) is 1.49. The van der Waals surface area contributed by atoms with Gasteiger partial charge in [-0.3, -0.25) is 0 Å². The maximum absolute atomic E-state index is 5.50. The molecule has 0 spiro atoms. The zero-order valence-electron chi connectivity index (χ0n) is 7.29. The molecular weight excluding hydrogens is 196 g/mol. The number of hydrogen-bond donors (Lipinski definition) is 2. The third kappa shape index (κ3) is 2.28. The molecule has 0 aliphatic carbocycles. The minimum Gasteiger partial charge on any atom is -0.361 e. The maximum atomic E-state index is 5.50. The Morgan fingerprint density at radius 1 is 1.21 bits per heavy atom. The fraction of sp³-hybridized carbons (Fsp3) is 0.273. The number of benzene rings is 1. The number of halogens is 1. The van der Waals surface area contributed by atoms with Gasteiger partial charge in [-0.05, 0) is 24.6 Å². The highest BCUT2D eigenvalue weighted by Gasteiger charge is 1.99. The van der Waals surface area contributed by atoms with E-state index >= 15 is 0 Å². The Kier molecular flexibility index (Phi) is 5.28. The molecule has 1 heterocycles. The van der Waals surface area contributed by atoms with Crippen molar-refractivity contribution < 1.29 is 0 Å². The number of hydrogen-bond acceptors (Lipinski definition) is 1. The highest BCUT2D eigenvalue weighted by atomic mass is 35.5. The van der Waals surface area contributed by atoms with E-state index < -0.39 is 0 Å². The Bertz CT molecular complexity index is 381. The lowest BCUT2D eigenvalue weighted by Crippen LogP contribution is -2.01. The second-order valence-corrected chi connectivity index (χ2v) is 2.90. The lowest BCUT2D eigenvalue weighted by molar-refractivity contribution is 0.976. The predicted molar refractivity (Wildman–Crippen MR) is 65.0 cm³/mol. The van der Waals surface area contributed by atoms with Crippen molar-refractivity contribution in [2.24, 2.45) is 5.73 Å². The zero-order chi connectivity index (χ0) is 8.39. The van der Waals surface area contributed by atoms with E-state index in [1.807, 2.05) is 12.3 Å². The molecule has 14 heavy (non-hydrogen) atoms. The van der Waals surface area contributed by atoms with Gasteiger partial charge in [0.05, 0.1) is 0 Å². The van der Waals surface area contributed by atoms with E-state index in [1.165, 1.54) is 16.5 Å². The van der Waals surface area contributed by atoms with Crippen molar-refractivity contribution in [2.75, 3.05) is 6.54 Å². The molecule has 3 N–H and O–H groups in total. The van der Waals surface area contributed by atoms with E-state index in [1.54, 1.807) is 0 Å². The minimum atomic E-state index is 0. The van der Waals surface area contributed by atoms with E-state index in [0.29, 0.717) is 6.54 Å². The summed E-state index contributed by atoms with van der Waals surface area (Å²) in [5.41, 5.74) is 8.01. The monoisotopic (exact) mass is 212 g/mol. The molecule has 0 aliphatic heterocycles. The number of para-hydroxylation sites is 1. The molecule has 1 aromatic heterocycles. The van der Waals surface area contributed by atoms with Gasteiger partial charge >= 0.3 is 0 Å². The second kappa shape index (κ2) is 5.68. The van der Waals surface area contributed by atoms with Crippen molar-refractivity contribution in [1.82, 2.24) is 4.98 Å². The van der Waals surface area contributed by atoms with Crippen LogP contribution in [0.2, 0.25) is 0 Å². The SMILES string of the molecule is C.Cl.NCCc1c[nH]c2ccccc12. The lowest BCUT2D eigenvalue weighted by atomic mass is 10.1. The molecule has 0 amide bonds. The highest BCUT2D eigenvalue weighted by molar-refractivity contribution is 5.85. The third-order valence-corrected chi connectivity index (χ3v) is 2.09. The van der Waals surface area contributed by atoms with Crippen LogP contribution in [0.25, 0.3) is 10.9 Å². The van der Waals surface area contributed by atoms with Crippen LogP contribution < -0.4 is 5.73 Å². The van der Waals surface area contributed by atoms with Gasteiger partial charge < -0.3 is 10.7 Å². The van der Waals surface area contributed by atoms with Crippen LogP contribution in [0.1, 0.15) is 13.0 Å². The van der Waals surface area contributed by atoms with Crippen LogP contribution in [0, 0.1) is 0 Å². The number of aromatic amines is 1. The molecule has 2 rings (SSSR count). The van der Waals surface area contributed by atoms with Gasteiger partial charge in [0, 0.05) is 17.1 Å². The molecule has 1 aromatic carbocycles. The normalized spacial score (nSPS) is 9.21. The molecule has 0 atom stereocenters. The van der Waals surface area contributed by atoms with Gasteiger partial charge in [-0.15, -0.1) is 12.4 Å². The average molecular weight is 213 g/mol. The first kappa shape index (κ1) is 13.0.